The van der Waals surface area contributed by atoms with Crippen molar-refractivity contribution in [2.45, 2.75) is 0 Å². The summed E-state index contributed by atoms with van der Waals surface area (Å²) in [5.74, 6) is 0. The van der Waals surface area contributed by atoms with Crippen molar-refractivity contribution in [3.8, 4) is 44.5 Å². The van der Waals surface area contributed by atoms with E-state index < -0.39 is 0 Å². The molecular formula is C64H36S2Se. The van der Waals surface area contributed by atoms with E-state index in [9.17, 15) is 0 Å². The zero-order chi connectivity index (χ0) is 43.7. The predicted octanol–water partition coefficient (Wildman–Crippen LogP) is 19.1. The van der Waals surface area contributed by atoms with Crippen molar-refractivity contribution in [3.63, 3.8) is 0 Å². The van der Waals surface area contributed by atoms with Crippen LogP contribution < -0.4 is 0 Å². The molecule has 310 valence electrons. The molecule has 12 aromatic carbocycles. The van der Waals surface area contributed by atoms with E-state index in [-0.39, 0.29) is 14.5 Å². The molecule has 0 fully saturated rings. The molecule has 0 aliphatic carbocycles. The quantitative estimate of drug-likeness (QED) is 0.122. The van der Waals surface area contributed by atoms with Crippen LogP contribution in [0.1, 0.15) is 0 Å². The second-order valence-corrected chi connectivity index (χ2v) is 22.2. The fourth-order valence-electron chi connectivity index (χ4n) is 11.4. The third-order valence-corrected chi connectivity index (χ3v) is 18.9. The van der Waals surface area contributed by atoms with Crippen molar-refractivity contribution < 1.29 is 0 Å². The van der Waals surface area contributed by atoms with Crippen LogP contribution in [-0.4, -0.2) is 14.5 Å². The Labute approximate surface area is 400 Å². The second-order valence-electron chi connectivity index (χ2n) is 17.8. The van der Waals surface area contributed by atoms with E-state index in [4.69, 9.17) is 0 Å². The van der Waals surface area contributed by atoms with Gasteiger partial charge >= 0.3 is 354 Å². The molecule has 3 heteroatoms. The Balaban J connectivity index is 0.928. The Morgan fingerprint density at radius 1 is 0.239 bits per heavy atom. The molecule has 0 bridgehead atoms. The zero-order valence-electron chi connectivity index (χ0n) is 36.0. The first kappa shape index (κ1) is 37.8. The van der Waals surface area contributed by atoms with Crippen molar-refractivity contribution in [3.05, 3.63) is 218 Å². The van der Waals surface area contributed by atoms with Gasteiger partial charge in [-0.15, -0.1) is 0 Å². The summed E-state index contributed by atoms with van der Waals surface area (Å²) in [6, 6.07) is 82.6. The summed E-state index contributed by atoms with van der Waals surface area (Å²) in [5.41, 5.74) is 10.4. The molecule has 67 heavy (non-hydrogen) atoms. The fourth-order valence-corrected chi connectivity index (χ4v) is 16.2. The van der Waals surface area contributed by atoms with E-state index >= 15 is 0 Å². The van der Waals surface area contributed by atoms with Gasteiger partial charge in [0.25, 0.3) is 0 Å². The molecule has 3 heterocycles. The van der Waals surface area contributed by atoms with Gasteiger partial charge in [-0.2, -0.15) is 0 Å². The monoisotopic (exact) mass is 948 g/mol. The van der Waals surface area contributed by atoms with Gasteiger partial charge in [0, 0.05) is 0 Å². The Kier molecular flexibility index (Phi) is 8.22. The summed E-state index contributed by atoms with van der Waals surface area (Å²) >= 11 is 3.93. The van der Waals surface area contributed by atoms with Crippen molar-refractivity contribution in [1.29, 1.82) is 0 Å². The van der Waals surface area contributed by atoms with Gasteiger partial charge in [-0.3, -0.25) is 0 Å². The van der Waals surface area contributed by atoms with Crippen LogP contribution in [0, 0.1) is 0 Å². The van der Waals surface area contributed by atoms with Crippen LogP contribution >= 0.6 is 22.7 Å². The van der Waals surface area contributed by atoms with Crippen LogP contribution in [-0.2, 0) is 0 Å². The third-order valence-electron chi connectivity index (χ3n) is 14.3. The molecule has 0 saturated heterocycles. The number of hydrogen-bond donors (Lipinski definition) is 0. The van der Waals surface area contributed by atoms with E-state index in [2.05, 4.69) is 218 Å². The number of hydrogen-bond acceptors (Lipinski definition) is 2. The van der Waals surface area contributed by atoms with Crippen LogP contribution in [0.25, 0.3) is 147 Å². The van der Waals surface area contributed by atoms with Crippen LogP contribution in [0.15, 0.2) is 218 Å². The first-order valence-electron chi connectivity index (χ1n) is 22.9. The van der Waals surface area contributed by atoms with Gasteiger partial charge in [0.2, 0.25) is 0 Å². The molecule has 0 amide bonds. The van der Waals surface area contributed by atoms with Crippen molar-refractivity contribution >= 4 is 140 Å². The third kappa shape index (κ3) is 5.58. The molecule has 0 atom stereocenters. The Morgan fingerprint density at radius 3 is 1.04 bits per heavy atom. The predicted molar refractivity (Wildman–Crippen MR) is 296 cm³/mol. The van der Waals surface area contributed by atoms with E-state index in [1.165, 1.54) is 147 Å². The molecule has 0 spiro atoms. The second kappa shape index (κ2) is 14.6. The minimum absolute atomic E-state index is 0.146. The Bertz CT molecular complexity index is 4470. The average molecular weight is 948 g/mol. The normalized spacial score (nSPS) is 12.2. The number of thiophene rings is 2. The summed E-state index contributed by atoms with van der Waals surface area (Å²) in [7, 11) is 0. The summed E-state index contributed by atoms with van der Waals surface area (Å²) < 4.78 is 8.23. The van der Waals surface area contributed by atoms with E-state index in [1.54, 1.807) is 0 Å². The van der Waals surface area contributed by atoms with Crippen LogP contribution in [0.5, 0.6) is 0 Å². The summed E-state index contributed by atoms with van der Waals surface area (Å²) in [6.07, 6.45) is 0. The first-order chi connectivity index (χ1) is 33.2. The summed E-state index contributed by atoms with van der Waals surface area (Å²) in [6.45, 7) is 0. The molecule has 15 rings (SSSR count). The van der Waals surface area contributed by atoms with Gasteiger partial charge < -0.3 is 0 Å². The SMILES string of the molecule is c1ccc2c(c1)sc1cc(-c3c4ccccc4c(-c4ccc5c(c4)[se]c4cccc(-c6c7ccccc7c(-c7ccc8c(c7)sc7ccccc78)c7ccccc67)c45)c4ccccc34)ccc12. The topological polar surface area (TPSA) is 0 Å². The number of rotatable bonds is 4. The van der Waals surface area contributed by atoms with E-state index in [1.807, 2.05) is 22.7 Å². The van der Waals surface area contributed by atoms with Crippen molar-refractivity contribution in [1.82, 2.24) is 0 Å². The minimum atomic E-state index is 0.146. The maximum atomic E-state index is 2.53. The average Bonchev–Trinajstić information content (AvgIpc) is 4.07. The Morgan fingerprint density at radius 2 is 0.597 bits per heavy atom. The Hall–Kier alpha value is -7.36. The fraction of sp³-hybridized carbons (Fsp3) is 0. The summed E-state index contributed by atoms with van der Waals surface area (Å²) in [5, 5.41) is 18.4. The van der Waals surface area contributed by atoms with Gasteiger partial charge in [-0.25, -0.2) is 0 Å². The maximum absolute atomic E-state index is 2.53. The molecule has 0 unspecified atom stereocenters. The van der Waals surface area contributed by atoms with Crippen molar-refractivity contribution in [2.75, 3.05) is 0 Å². The van der Waals surface area contributed by atoms with Crippen LogP contribution in [0.2, 0.25) is 0 Å². The molecule has 0 aliphatic rings. The molecule has 15 aromatic rings. The summed E-state index contributed by atoms with van der Waals surface area (Å²) in [4.78, 5) is 0. The first-order valence-corrected chi connectivity index (χ1v) is 26.2. The van der Waals surface area contributed by atoms with Crippen LogP contribution in [0.4, 0.5) is 0 Å². The molecule has 0 nitrogen and oxygen atoms in total. The molecule has 0 radical (unpaired) electrons. The molecule has 0 aliphatic heterocycles. The van der Waals surface area contributed by atoms with Gasteiger partial charge in [0.15, 0.2) is 0 Å². The molecule has 0 saturated carbocycles. The zero-order valence-corrected chi connectivity index (χ0v) is 39.4. The van der Waals surface area contributed by atoms with E-state index in [0.717, 1.165) is 0 Å². The van der Waals surface area contributed by atoms with Gasteiger partial charge in [-0.05, 0) is 12.1 Å². The van der Waals surface area contributed by atoms with Gasteiger partial charge in [-0.1, -0.05) is 36.4 Å². The standard InChI is InChI=1S/C64H36S2Se/c1-3-18-46-44(16-1)60(37-28-31-42-40-14-9-11-25-54(40)65-56(42)34-37)45-17-2-4-19-47(45)62(46)39-30-33-52-59(36-39)67-58-27-13-24-53(64(52)58)63-50-22-7-5-20-48(50)61(49-21-6-8-23-51(49)63)38-29-32-43-41-15-10-12-26-55(41)66-57(43)35-38/h1-36H. The molecular weight excluding hydrogens is 912 g/mol. The van der Waals surface area contributed by atoms with Gasteiger partial charge in [0.05, 0.1) is 0 Å². The van der Waals surface area contributed by atoms with Gasteiger partial charge in [0.1, 0.15) is 0 Å². The number of benzene rings is 12. The van der Waals surface area contributed by atoms with Crippen LogP contribution in [0.3, 0.4) is 0 Å². The number of fused-ring (bicyclic) bond motifs is 13. The molecule has 3 aromatic heterocycles. The van der Waals surface area contributed by atoms with Crippen molar-refractivity contribution in [2.24, 2.45) is 0 Å². The molecule has 0 N–H and O–H groups in total. The van der Waals surface area contributed by atoms with E-state index in [0.29, 0.717) is 0 Å².